The van der Waals surface area contributed by atoms with Gasteiger partial charge in [-0.3, -0.25) is 0 Å². The molecular formula is C23H26ClNO7S. The fourth-order valence-electron chi connectivity index (χ4n) is 3.86. The first-order valence-electron chi connectivity index (χ1n) is 10.7. The summed E-state index contributed by atoms with van der Waals surface area (Å²) in [5.74, 6) is 0.348. The Hall–Kier alpha value is -2.33. The maximum Gasteiger partial charge on any atom is 0.338 e. The lowest BCUT2D eigenvalue weighted by Gasteiger charge is -2.34. The lowest BCUT2D eigenvalue weighted by atomic mass is 10.2. The van der Waals surface area contributed by atoms with Crippen LogP contribution in [0, 0.1) is 0 Å². The highest BCUT2D eigenvalue weighted by Crippen LogP contribution is 2.38. The van der Waals surface area contributed by atoms with Gasteiger partial charge >= 0.3 is 5.97 Å². The predicted molar refractivity (Wildman–Crippen MR) is 121 cm³/mol. The standard InChI is InChI=1S/C23H26ClNO7S/c1-15-12-25(13-16(2)32-15)33(27,28)19-6-3-5-18(11-19)23(26)31-14-17-9-20(24)22-21(10-17)29-7-4-8-30-22/h3,5-6,9-11,15-16H,4,7-8,12-14H2,1-2H3. The average molecular weight is 496 g/mol. The number of rotatable bonds is 5. The average Bonchev–Trinajstić information content (AvgIpc) is 3.03. The fraction of sp³-hybridized carbons (Fsp3) is 0.435. The molecule has 2 aromatic carbocycles. The van der Waals surface area contributed by atoms with E-state index >= 15 is 0 Å². The van der Waals surface area contributed by atoms with Crippen molar-refractivity contribution in [3.8, 4) is 11.5 Å². The van der Waals surface area contributed by atoms with Crippen LogP contribution in [0.25, 0.3) is 0 Å². The highest BCUT2D eigenvalue weighted by molar-refractivity contribution is 7.89. The monoisotopic (exact) mass is 495 g/mol. The van der Waals surface area contributed by atoms with Crippen molar-refractivity contribution in [1.82, 2.24) is 4.31 Å². The van der Waals surface area contributed by atoms with Gasteiger partial charge in [0.15, 0.2) is 11.5 Å². The Morgan fingerprint density at radius 1 is 1.12 bits per heavy atom. The second kappa shape index (κ2) is 9.89. The molecule has 0 spiro atoms. The number of esters is 1. The molecule has 0 amide bonds. The molecule has 0 N–H and O–H groups in total. The number of hydrogen-bond donors (Lipinski definition) is 0. The van der Waals surface area contributed by atoms with E-state index in [1.165, 1.54) is 28.6 Å². The Bertz CT molecular complexity index is 1130. The van der Waals surface area contributed by atoms with Gasteiger partial charge in [0.1, 0.15) is 6.61 Å². The number of fused-ring (bicyclic) bond motifs is 1. The van der Waals surface area contributed by atoms with Crippen LogP contribution < -0.4 is 9.47 Å². The maximum absolute atomic E-state index is 13.1. The Morgan fingerprint density at radius 3 is 2.61 bits per heavy atom. The first-order chi connectivity index (χ1) is 15.7. The molecule has 1 saturated heterocycles. The SMILES string of the molecule is CC1CN(S(=O)(=O)c2cccc(C(=O)OCc3cc(Cl)c4c(c3)OCCCO4)c2)CC(C)O1. The molecule has 0 bridgehead atoms. The zero-order chi connectivity index (χ0) is 23.6. The Balaban J connectivity index is 1.47. The van der Waals surface area contributed by atoms with E-state index in [1.807, 2.05) is 13.8 Å². The number of carbonyl (C=O) groups excluding carboxylic acids is 1. The molecule has 2 aliphatic rings. The number of sulfonamides is 1. The molecular weight excluding hydrogens is 470 g/mol. The smallest absolute Gasteiger partial charge is 0.338 e. The topological polar surface area (TPSA) is 91.4 Å². The summed E-state index contributed by atoms with van der Waals surface area (Å²) >= 11 is 6.29. The van der Waals surface area contributed by atoms with Crippen LogP contribution in [-0.4, -0.2) is 57.2 Å². The summed E-state index contributed by atoms with van der Waals surface area (Å²) in [6.45, 7) is 5.15. The quantitative estimate of drug-likeness (QED) is 0.584. The molecule has 0 aromatic heterocycles. The Kier molecular flexibility index (Phi) is 7.13. The number of ether oxygens (including phenoxy) is 4. The number of morpholine rings is 1. The largest absolute Gasteiger partial charge is 0.489 e. The molecule has 0 radical (unpaired) electrons. The summed E-state index contributed by atoms with van der Waals surface area (Å²) in [7, 11) is -3.77. The third-order valence-electron chi connectivity index (χ3n) is 5.33. The van der Waals surface area contributed by atoms with Gasteiger partial charge in [-0.1, -0.05) is 17.7 Å². The Morgan fingerprint density at radius 2 is 1.85 bits per heavy atom. The third-order valence-corrected chi connectivity index (χ3v) is 7.43. The van der Waals surface area contributed by atoms with Crippen molar-refractivity contribution >= 4 is 27.6 Å². The Labute approximate surface area is 198 Å². The number of benzene rings is 2. The van der Waals surface area contributed by atoms with Crippen molar-refractivity contribution in [2.45, 2.75) is 44.0 Å². The summed E-state index contributed by atoms with van der Waals surface area (Å²) in [6.07, 6.45) is 0.328. The second-order valence-electron chi connectivity index (χ2n) is 8.14. The molecule has 0 aliphatic carbocycles. The lowest BCUT2D eigenvalue weighted by Crippen LogP contribution is -2.48. The lowest BCUT2D eigenvalue weighted by molar-refractivity contribution is -0.0440. The summed E-state index contributed by atoms with van der Waals surface area (Å²) < 4.78 is 49.9. The second-order valence-corrected chi connectivity index (χ2v) is 10.5. The minimum absolute atomic E-state index is 0.0388. The number of nitrogens with zero attached hydrogens (tertiary/aromatic N) is 1. The van der Waals surface area contributed by atoms with Gasteiger partial charge < -0.3 is 18.9 Å². The summed E-state index contributed by atoms with van der Waals surface area (Å²) in [5.41, 5.74) is 0.781. The van der Waals surface area contributed by atoms with E-state index in [2.05, 4.69) is 0 Å². The van der Waals surface area contributed by atoms with Crippen LogP contribution >= 0.6 is 11.6 Å². The van der Waals surface area contributed by atoms with Crippen LogP contribution in [0.4, 0.5) is 0 Å². The molecule has 0 saturated carbocycles. The maximum atomic E-state index is 13.1. The van der Waals surface area contributed by atoms with E-state index in [4.69, 9.17) is 30.5 Å². The van der Waals surface area contributed by atoms with Gasteiger partial charge in [0.05, 0.1) is 40.9 Å². The number of halogens is 1. The summed E-state index contributed by atoms with van der Waals surface area (Å²) in [6, 6.07) is 9.24. The number of hydrogen-bond acceptors (Lipinski definition) is 7. The van der Waals surface area contributed by atoms with Gasteiger partial charge in [-0.05, 0) is 49.7 Å². The summed E-state index contributed by atoms with van der Waals surface area (Å²) in [5, 5.41) is 0.377. The van der Waals surface area contributed by atoms with Crippen molar-refractivity contribution in [3.05, 3.63) is 52.5 Å². The van der Waals surface area contributed by atoms with E-state index in [1.54, 1.807) is 12.1 Å². The highest BCUT2D eigenvalue weighted by atomic mass is 35.5. The molecule has 10 heteroatoms. The molecule has 2 aromatic rings. The third kappa shape index (κ3) is 5.43. The molecule has 2 atom stereocenters. The van der Waals surface area contributed by atoms with E-state index in [0.29, 0.717) is 35.3 Å². The highest BCUT2D eigenvalue weighted by Gasteiger charge is 2.32. The first-order valence-corrected chi connectivity index (χ1v) is 12.6. The van der Waals surface area contributed by atoms with Gasteiger partial charge in [-0.15, -0.1) is 0 Å². The van der Waals surface area contributed by atoms with E-state index in [0.717, 1.165) is 6.42 Å². The summed E-state index contributed by atoms with van der Waals surface area (Å²) in [4.78, 5) is 12.7. The minimum atomic E-state index is -3.77. The van der Waals surface area contributed by atoms with Gasteiger partial charge in [-0.25, -0.2) is 13.2 Å². The molecule has 2 heterocycles. The zero-order valence-electron chi connectivity index (χ0n) is 18.5. The zero-order valence-corrected chi connectivity index (χ0v) is 20.0. The van der Waals surface area contributed by atoms with E-state index in [9.17, 15) is 13.2 Å². The molecule has 33 heavy (non-hydrogen) atoms. The van der Waals surface area contributed by atoms with E-state index < -0.39 is 16.0 Å². The molecule has 2 unspecified atom stereocenters. The predicted octanol–water partition coefficient (Wildman–Crippen LogP) is 3.66. The normalized spacial score (nSPS) is 21.3. The van der Waals surface area contributed by atoms with Gasteiger partial charge in [0.2, 0.25) is 10.0 Å². The van der Waals surface area contributed by atoms with Crippen LogP contribution in [0.15, 0.2) is 41.3 Å². The van der Waals surface area contributed by atoms with Crippen LogP contribution in [0.1, 0.15) is 36.2 Å². The van der Waals surface area contributed by atoms with Crippen molar-refractivity contribution in [1.29, 1.82) is 0 Å². The molecule has 2 aliphatic heterocycles. The van der Waals surface area contributed by atoms with Crippen molar-refractivity contribution in [2.24, 2.45) is 0 Å². The van der Waals surface area contributed by atoms with Gasteiger partial charge in [0.25, 0.3) is 0 Å². The fourth-order valence-corrected chi connectivity index (χ4v) is 5.78. The molecule has 8 nitrogen and oxygen atoms in total. The van der Waals surface area contributed by atoms with Crippen LogP contribution in [0.5, 0.6) is 11.5 Å². The van der Waals surface area contributed by atoms with Crippen molar-refractivity contribution < 1.29 is 32.2 Å². The van der Waals surface area contributed by atoms with E-state index in [-0.39, 0.29) is 42.4 Å². The van der Waals surface area contributed by atoms with Crippen LogP contribution in [0.2, 0.25) is 5.02 Å². The molecule has 4 rings (SSSR count). The van der Waals surface area contributed by atoms with Crippen LogP contribution in [0.3, 0.4) is 0 Å². The van der Waals surface area contributed by atoms with Crippen molar-refractivity contribution in [3.63, 3.8) is 0 Å². The molecule has 178 valence electrons. The first kappa shape index (κ1) is 23.8. The van der Waals surface area contributed by atoms with Crippen LogP contribution in [-0.2, 0) is 26.1 Å². The van der Waals surface area contributed by atoms with Crippen molar-refractivity contribution in [2.75, 3.05) is 26.3 Å². The molecule has 1 fully saturated rings. The van der Waals surface area contributed by atoms with Gasteiger partial charge in [0, 0.05) is 19.5 Å². The minimum Gasteiger partial charge on any atom is -0.489 e. The van der Waals surface area contributed by atoms with Gasteiger partial charge in [-0.2, -0.15) is 4.31 Å². The number of carbonyl (C=O) groups is 1.